The van der Waals surface area contributed by atoms with Gasteiger partial charge in [-0.25, -0.2) is 9.97 Å². The lowest BCUT2D eigenvalue weighted by atomic mass is 9.83. The van der Waals surface area contributed by atoms with Gasteiger partial charge in [-0.2, -0.15) is 5.26 Å². The van der Waals surface area contributed by atoms with E-state index < -0.39 is 11.0 Å². The Morgan fingerprint density at radius 1 is 1.28 bits per heavy atom. The number of rotatable bonds is 6. The van der Waals surface area contributed by atoms with Crippen LogP contribution in [0.25, 0.3) is 0 Å². The molecule has 1 saturated carbocycles. The Morgan fingerprint density at radius 3 is 2.69 bits per heavy atom. The van der Waals surface area contributed by atoms with E-state index in [0.29, 0.717) is 24.6 Å². The summed E-state index contributed by atoms with van der Waals surface area (Å²) in [5.74, 6) is 1.39. The molecule has 2 aliphatic rings. The molecule has 1 aliphatic carbocycles. The zero-order valence-electron chi connectivity index (χ0n) is 17.0. The molecule has 1 amide bonds. The topological polar surface area (TPSA) is 91.1 Å². The van der Waals surface area contributed by atoms with Crippen molar-refractivity contribution in [3.05, 3.63) is 42.2 Å². The SMILES string of the molecule is COC(C)(C)c1ccc(Nc2cc(N3CC[C@@](C#N)(C4CC4)C3=O)ccn2)nc1. The van der Waals surface area contributed by atoms with Crippen molar-refractivity contribution in [2.45, 2.75) is 38.7 Å². The fourth-order valence-electron chi connectivity index (χ4n) is 3.86. The van der Waals surface area contributed by atoms with E-state index in [2.05, 4.69) is 21.4 Å². The first-order chi connectivity index (χ1) is 13.9. The summed E-state index contributed by atoms with van der Waals surface area (Å²) >= 11 is 0. The van der Waals surface area contributed by atoms with Crippen molar-refractivity contribution in [2.75, 3.05) is 23.9 Å². The average Bonchev–Trinajstić information content (AvgIpc) is 3.53. The fraction of sp³-hybridized carbons (Fsp3) is 0.455. The van der Waals surface area contributed by atoms with Gasteiger partial charge in [0.2, 0.25) is 5.91 Å². The summed E-state index contributed by atoms with van der Waals surface area (Å²) in [7, 11) is 1.67. The Kier molecular flexibility index (Phi) is 4.75. The van der Waals surface area contributed by atoms with Crippen LogP contribution in [0, 0.1) is 22.7 Å². The number of amides is 1. The Labute approximate surface area is 170 Å². The van der Waals surface area contributed by atoms with Gasteiger partial charge in [0.15, 0.2) is 0 Å². The maximum absolute atomic E-state index is 13.0. The number of methoxy groups -OCH3 is 1. The van der Waals surface area contributed by atoms with Crippen LogP contribution in [0.5, 0.6) is 0 Å². The first-order valence-electron chi connectivity index (χ1n) is 9.87. The molecule has 4 rings (SSSR count). The third-order valence-corrected chi connectivity index (χ3v) is 6.11. The predicted molar refractivity (Wildman–Crippen MR) is 110 cm³/mol. The van der Waals surface area contributed by atoms with E-state index >= 15 is 0 Å². The second kappa shape index (κ2) is 7.12. The number of pyridine rings is 2. The van der Waals surface area contributed by atoms with Crippen LogP contribution in [0.4, 0.5) is 17.3 Å². The van der Waals surface area contributed by atoms with Crippen LogP contribution < -0.4 is 10.2 Å². The van der Waals surface area contributed by atoms with Crippen LogP contribution in [-0.4, -0.2) is 29.5 Å². The summed E-state index contributed by atoms with van der Waals surface area (Å²) in [5.41, 5.74) is 0.474. The molecule has 2 aromatic heterocycles. The van der Waals surface area contributed by atoms with Crippen LogP contribution in [0.2, 0.25) is 0 Å². The monoisotopic (exact) mass is 391 g/mol. The van der Waals surface area contributed by atoms with Gasteiger partial charge in [0, 0.05) is 43.4 Å². The van der Waals surface area contributed by atoms with E-state index in [0.717, 1.165) is 24.1 Å². The van der Waals surface area contributed by atoms with Crippen molar-refractivity contribution in [2.24, 2.45) is 11.3 Å². The molecular formula is C22H25N5O2. The standard InChI is InChI=1S/C22H25N5O2/c1-21(2,29-3)16-6-7-18(25-13-16)26-19-12-17(8-10-24-19)27-11-9-22(14-23,20(27)28)15-4-5-15/h6-8,10,12-13,15H,4-5,9,11H2,1-3H3,(H,24,25,26)/t22-/m1/s1. The lowest BCUT2D eigenvalue weighted by Crippen LogP contribution is -2.35. The second-order valence-corrected chi connectivity index (χ2v) is 8.24. The summed E-state index contributed by atoms with van der Waals surface area (Å²) in [5, 5.41) is 12.9. The Hall–Kier alpha value is -2.98. The number of nitriles is 1. The molecule has 2 aromatic rings. The van der Waals surface area contributed by atoms with Crippen molar-refractivity contribution in [1.29, 1.82) is 5.26 Å². The van der Waals surface area contributed by atoms with Crippen molar-refractivity contribution >= 4 is 23.2 Å². The fourth-order valence-corrected chi connectivity index (χ4v) is 3.86. The number of hydrogen-bond donors (Lipinski definition) is 1. The van der Waals surface area contributed by atoms with Gasteiger partial charge in [0.05, 0.1) is 11.7 Å². The number of hydrogen-bond acceptors (Lipinski definition) is 6. The molecule has 0 radical (unpaired) electrons. The van der Waals surface area contributed by atoms with Gasteiger partial charge in [-0.1, -0.05) is 6.07 Å². The molecule has 1 atom stereocenters. The molecule has 0 unspecified atom stereocenters. The van der Waals surface area contributed by atoms with Crippen molar-refractivity contribution in [3.63, 3.8) is 0 Å². The highest BCUT2D eigenvalue weighted by atomic mass is 16.5. The summed E-state index contributed by atoms with van der Waals surface area (Å²) in [6.45, 7) is 4.53. The molecule has 2 fully saturated rings. The largest absolute Gasteiger partial charge is 0.374 e. The van der Waals surface area contributed by atoms with Crippen LogP contribution in [0.3, 0.4) is 0 Å². The number of nitrogens with zero attached hydrogens (tertiary/aromatic N) is 4. The highest BCUT2D eigenvalue weighted by molar-refractivity contribution is 6.02. The summed E-state index contributed by atoms with van der Waals surface area (Å²) in [4.78, 5) is 23.5. The number of ether oxygens (including phenoxy) is 1. The van der Waals surface area contributed by atoms with Crippen LogP contribution in [-0.2, 0) is 15.1 Å². The van der Waals surface area contributed by atoms with Gasteiger partial charge in [-0.15, -0.1) is 0 Å². The van der Waals surface area contributed by atoms with Crippen LogP contribution in [0.15, 0.2) is 36.7 Å². The van der Waals surface area contributed by atoms with E-state index in [9.17, 15) is 10.1 Å². The number of carbonyl (C=O) groups is 1. The molecule has 1 N–H and O–H groups in total. The number of nitrogens with one attached hydrogen (secondary N) is 1. The molecule has 1 saturated heterocycles. The summed E-state index contributed by atoms with van der Waals surface area (Å²) in [6, 6.07) is 9.79. The summed E-state index contributed by atoms with van der Waals surface area (Å²) < 4.78 is 5.48. The molecule has 1 aliphatic heterocycles. The van der Waals surface area contributed by atoms with Crippen LogP contribution >= 0.6 is 0 Å². The molecule has 0 bridgehead atoms. The predicted octanol–water partition coefficient (Wildman–Crippen LogP) is 3.76. The molecule has 150 valence electrons. The third-order valence-electron chi connectivity index (χ3n) is 6.11. The zero-order valence-corrected chi connectivity index (χ0v) is 17.0. The second-order valence-electron chi connectivity index (χ2n) is 8.24. The minimum atomic E-state index is -0.845. The zero-order chi connectivity index (χ0) is 20.6. The van der Waals surface area contributed by atoms with E-state index in [1.807, 2.05) is 32.0 Å². The molecule has 0 spiro atoms. The van der Waals surface area contributed by atoms with Crippen LogP contribution in [0.1, 0.15) is 38.7 Å². The van der Waals surface area contributed by atoms with Crippen molar-refractivity contribution in [3.8, 4) is 6.07 Å². The smallest absolute Gasteiger partial charge is 0.247 e. The van der Waals surface area contributed by atoms with E-state index in [1.54, 1.807) is 30.5 Å². The highest BCUT2D eigenvalue weighted by Crippen LogP contribution is 2.51. The maximum Gasteiger partial charge on any atom is 0.247 e. The first kappa shape index (κ1) is 19.3. The van der Waals surface area contributed by atoms with Gasteiger partial charge in [0.1, 0.15) is 17.1 Å². The highest BCUT2D eigenvalue weighted by Gasteiger charge is 2.56. The molecule has 0 aromatic carbocycles. The van der Waals surface area contributed by atoms with Gasteiger partial charge in [-0.05, 0) is 51.2 Å². The van der Waals surface area contributed by atoms with Crippen molar-refractivity contribution < 1.29 is 9.53 Å². The third kappa shape index (κ3) is 3.45. The minimum absolute atomic E-state index is 0.0797. The Bertz CT molecular complexity index is 962. The summed E-state index contributed by atoms with van der Waals surface area (Å²) in [6.07, 6.45) is 5.97. The maximum atomic E-state index is 13.0. The molecule has 3 heterocycles. The van der Waals surface area contributed by atoms with Gasteiger partial charge in [0.25, 0.3) is 0 Å². The van der Waals surface area contributed by atoms with Gasteiger partial charge in [-0.3, -0.25) is 4.79 Å². The van der Waals surface area contributed by atoms with E-state index in [-0.39, 0.29) is 11.8 Å². The Balaban J connectivity index is 1.51. The van der Waals surface area contributed by atoms with Gasteiger partial charge >= 0.3 is 0 Å². The normalized spacial score (nSPS) is 21.9. The van der Waals surface area contributed by atoms with Crippen molar-refractivity contribution in [1.82, 2.24) is 9.97 Å². The minimum Gasteiger partial charge on any atom is -0.374 e. The number of carbonyl (C=O) groups excluding carboxylic acids is 1. The molecular weight excluding hydrogens is 366 g/mol. The van der Waals surface area contributed by atoms with Gasteiger partial charge < -0.3 is 15.0 Å². The molecule has 29 heavy (non-hydrogen) atoms. The molecule has 7 nitrogen and oxygen atoms in total. The lowest BCUT2D eigenvalue weighted by Gasteiger charge is -2.23. The van der Waals surface area contributed by atoms with E-state index in [1.165, 1.54) is 0 Å². The first-order valence-corrected chi connectivity index (χ1v) is 9.87. The number of anilines is 3. The number of aromatic nitrogens is 2. The molecule has 7 heteroatoms. The quantitative estimate of drug-likeness (QED) is 0.806. The average molecular weight is 391 g/mol. The lowest BCUT2D eigenvalue weighted by molar-refractivity contribution is -0.123. The van der Waals surface area contributed by atoms with E-state index in [4.69, 9.17) is 4.74 Å². The Morgan fingerprint density at radius 2 is 2.07 bits per heavy atom.